The van der Waals surface area contributed by atoms with Crippen LogP contribution in [0.3, 0.4) is 0 Å². The van der Waals surface area contributed by atoms with Gasteiger partial charge >= 0.3 is 0 Å². The third-order valence-corrected chi connectivity index (χ3v) is 3.98. The first-order valence-electron chi connectivity index (χ1n) is 7.19. The molecule has 0 aliphatic heterocycles. The highest BCUT2D eigenvalue weighted by molar-refractivity contribution is 5.51. The molecule has 0 atom stereocenters. The lowest BCUT2D eigenvalue weighted by molar-refractivity contribution is 0.707. The second-order valence-corrected chi connectivity index (χ2v) is 5.40. The van der Waals surface area contributed by atoms with Gasteiger partial charge in [-0.05, 0) is 38.5 Å². The summed E-state index contributed by atoms with van der Waals surface area (Å²) in [6.45, 7) is 1.63. The van der Waals surface area contributed by atoms with E-state index in [4.69, 9.17) is 5.73 Å². The number of hydrogen-bond acceptors (Lipinski definition) is 4. The molecule has 0 amide bonds. The lowest BCUT2D eigenvalue weighted by Gasteiger charge is -2.25. The third-order valence-electron chi connectivity index (χ3n) is 3.98. The average molecular weight is 246 g/mol. The zero-order valence-electron chi connectivity index (χ0n) is 10.9. The van der Waals surface area contributed by atoms with Crippen LogP contribution in [0, 0.1) is 0 Å². The van der Waals surface area contributed by atoms with Gasteiger partial charge in [0.05, 0.1) is 0 Å². The van der Waals surface area contributed by atoms with Crippen LogP contribution in [0.4, 0.5) is 5.82 Å². The Hall–Kier alpha value is -1.16. The Morgan fingerprint density at radius 2 is 2.00 bits per heavy atom. The molecule has 98 valence electrons. The summed E-state index contributed by atoms with van der Waals surface area (Å²) in [7, 11) is 0. The molecule has 1 aromatic heterocycles. The SMILES string of the molecule is NCCN(c1ncnc2c1CCCCC2)C1CC1. The van der Waals surface area contributed by atoms with Crippen molar-refractivity contribution in [2.75, 3.05) is 18.0 Å². The summed E-state index contributed by atoms with van der Waals surface area (Å²) in [5.41, 5.74) is 8.43. The molecule has 2 aliphatic carbocycles. The fourth-order valence-corrected chi connectivity index (χ4v) is 2.91. The number of aryl methyl sites for hydroxylation is 1. The van der Waals surface area contributed by atoms with Crippen LogP contribution in [0.1, 0.15) is 43.4 Å². The monoisotopic (exact) mass is 246 g/mol. The van der Waals surface area contributed by atoms with Crippen molar-refractivity contribution in [3.05, 3.63) is 17.6 Å². The summed E-state index contributed by atoms with van der Waals surface area (Å²) < 4.78 is 0. The van der Waals surface area contributed by atoms with Gasteiger partial charge in [-0.2, -0.15) is 0 Å². The number of rotatable bonds is 4. The average Bonchev–Trinajstić information content (AvgIpc) is 3.21. The molecule has 0 spiro atoms. The number of aromatic nitrogens is 2. The van der Waals surface area contributed by atoms with Crippen LogP contribution in [0.5, 0.6) is 0 Å². The Balaban J connectivity index is 1.94. The molecule has 4 nitrogen and oxygen atoms in total. The van der Waals surface area contributed by atoms with E-state index in [9.17, 15) is 0 Å². The van der Waals surface area contributed by atoms with Gasteiger partial charge in [0.1, 0.15) is 12.1 Å². The molecule has 2 N–H and O–H groups in total. The minimum atomic E-state index is 0.677. The highest BCUT2D eigenvalue weighted by Crippen LogP contribution is 2.34. The fraction of sp³-hybridized carbons (Fsp3) is 0.714. The van der Waals surface area contributed by atoms with Crippen molar-refractivity contribution in [2.24, 2.45) is 5.73 Å². The lowest BCUT2D eigenvalue weighted by Crippen LogP contribution is -2.33. The zero-order chi connectivity index (χ0) is 12.4. The number of anilines is 1. The Morgan fingerprint density at radius 3 is 2.78 bits per heavy atom. The molecule has 0 bridgehead atoms. The van der Waals surface area contributed by atoms with Gasteiger partial charge in [-0.25, -0.2) is 9.97 Å². The van der Waals surface area contributed by atoms with E-state index in [1.165, 1.54) is 49.2 Å². The number of nitrogens with zero attached hydrogens (tertiary/aromatic N) is 3. The number of nitrogens with two attached hydrogens (primary N) is 1. The Labute approximate surface area is 109 Å². The second-order valence-electron chi connectivity index (χ2n) is 5.40. The first kappa shape index (κ1) is 11.9. The molecule has 2 aliphatic rings. The normalized spacial score (nSPS) is 19.2. The highest BCUT2D eigenvalue weighted by atomic mass is 15.2. The van der Waals surface area contributed by atoms with Gasteiger partial charge < -0.3 is 10.6 Å². The smallest absolute Gasteiger partial charge is 0.135 e. The minimum absolute atomic E-state index is 0.677. The molecular formula is C14H22N4. The van der Waals surface area contributed by atoms with Gasteiger partial charge in [0, 0.05) is 30.4 Å². The molecule has 0 saturated heterocycles. The predicted molar refractivity (Wildman–Crippen MR) is 72.7 cm³/mol. The molecule has 0 aromatic carbocycles. The Kier molecular flexibility index (Phi) is 3.46. The summed E-state index contributed by atoms with van der Waals surface area (Å²) >= 11 is 0. The number of fused-ring (bicyclic) bond motifs is 1. The van der Waals surface area contributed by atoms with Gasteiger partial charge in [0.25, 0.3) is 0 Å². The van der Waals surface area contributed by atoms with Crippen molar-refractivity contribution in [2.45, 2.75) is 51.0 Å². The van der Waals surface area contributed by atoms with Crippen molar-refractivity contribution >= 4 is 5.82 Å². The first-order chi connectivity index (χ1) is 8.90. The molecule has 0 radical (unpaired) electrons. The molecule has 1 aromatic rings. The summed E-state index contributed by atoms with van der Waals surface area (Å²) in [5.74, 6) is 1.18. The molecular weight excluding hydrogens is 224 g/mol. The van der Waals surface area contributed by atoms with E-state index in [1.54, 1.807) is 6.33 Å². The van der Waals surface area contributed by atoms with E-state index < -0.39 is 0 Å². The third kappa shape index (κ3) is 2.34. The van der Waals surface area contributed by atoms with E-state index in [0.717, 1.165) is 19.4 Å². The lowest BCUT2D eigenvalue weighted by atomic mass is 10.1. The van der Waals surface area contributed by atoms with Crippen LogP contribution >= 0.6 is 0 Å². The largest absolute Gasteiger partial charge is 0.352 e. The van der Waals surface area contributed by atoms with E-state index in [0.29, 0.717) is 12.6 Å². The maximum absolute atomic E-state index is 5.75. The summed E-state index contributed by atoms with van der Waals surface area (Å²) in [4.78, 5) is 11.5. The zero-order valence-corrected chi connectivity index (χ0v) is 10.9. The maximum atomic E-state index is 5.75. The fourth-order valence-electron chi connectivity index (χ4n) is 2.91. The summed E-state index contributed by atoms with van der Waals surface area (Å²) in [5, 5.41) is 0. The molecule has 3 rings (SSSR count). The summed E-state index contributed by atoms with van der Waals surface area (Å²) in [6, 6.07) is 0.677. The van der Waals surface area contributed by atoms with Gasteiger partial charge in [-0.15, -0.1) is 0 Å². The predicted octanol–water partition coefficient (Wildman–Crippen LogP) is 1.67. The quantitative estimate of drug-likeness (QED) is 0.821. The van der Waals surface area contributed by atoms with Crippen molar-refractivity contribution in [3.63, 3.8) is 0 Å². The van der Waals surface area contributed by atoms with E-state index >= 15 is 0 Å². The molecule has 18 heavy (non-hydrogen) atoms. The molecule has 1 fully saturated rings. The topological polar surface area (TPSA) is 55.0 Å². The van der Waals surface area contributed by atoms with Gasteiger partial charge in [0.2, 0.25) is 0 Å². The van der Waals surface area contributed by atoms with Crippen LogP contribution in [0.2, 0.25) is 0 Å². The van der Waals surface area contributed by atoms with Crippen molar-refractivity contribution in [1.29, 1.82) is 0 Å². The van der Waals surface area contributed by atoms with Crippen LogP contribution in [-0.4, -0.2) is 29.1 Å². The first-order valence-corrected chi connectivity index (χ1v) is 7.19. The number of hydrogen-bond donors (Lipinski definition) is 1. The van der Waals surface area contributed by atoms with E-state index in [2.05, 4.69) is 14.9 Å². The Morgan fingerprint density at radius 1 is 1.17 bits per heavy atom. The maximum Gasteiger partial charge on any atom is 0.135 e. The van der Waals surface area contributed by atoms with Crippen molar-refractivity contribution < 1.29 is 0 Å². The standard InChI is InChI=1S/C14H22N4/c15-8-9-18(11-6-7-11)14-12-4-2-1-3-5-13(12)16-10-17-14/h10-11H,1-9,15H2. The van der Waals surface area contributed by atoms with Gasteiger partial charge in [-0.1, -0.05) is 6.42 Å². The minimum Gasteiger partial charge on any atom is -0.352 e. The Bertz CT molecular complexity index is 414. The molecule has 4 heteroatoms. The van der Waals surface area contributed by atoms with Crippen LogP contribution in [-0.2, 0) is 12.8 Å². The van der Waals surface area contributed by atoms with E-state index in [1.807, 2.05) is 0 Å². The second kappa shape index (κ2) is 5.22. The molecule has 1 heterocycles. The van der Waals surface area contributed by atoms with Crippen molar-refractivity contribution in [3.8, 4) is 0 Å². The highest BCUT2D eigenvalue weighted by Gasteiger charge is 2.31. The molecule has 1 saturated carbocycles. The van der Waals surface area contributed by atoms with Gasteiger partial charge in [-0.3, -0.25) is 0 Å². The van der Waals surface area contributed by atoms with Crippen LogP contribution in [0.15, 0.2) is 6.33 Å². The van der Waals surface area contributed by atoms with E-state index in [-0.39, 0.29) is 0 Å². The van der Waals surface area contributed by atoms with Crippen LogP contribution < -0.4 is 10.6 Å². The van der Waals surface area contributed by atoms with Crippen molar-refractivity contribution in [1.82, 2.24) is 9.97 Å². The van der Waals surface area contributed by atoms with Gasteiger partial charge in [0.15, 0.2) is 0 Å². The van der Waals surface area contributed by atoms with Crippen LogP contribution in [0.25, 0.3) is 0 Å². The molecule has 0 unspecified atom stereocenters. The summed E-state index contributed by atoms with van der Waals surface area (Å²) in [6.07, 6.45) is 10.4.